The topological polar surface area (TPSA) is 47.6 Å². The van der Waals surface area contributed by atoms with Gasteiger partial charge in [0, 0.05) is 5.69 Å². The number of halogens is 3. The Bertz CT molecular complexity index is 864. The predicted molar refractivity (Wildman–Crippen MR) is 90.5 cm³/mol. The number of hydrogen-bond donors (Lipinski definition) is 1. The van der Waals surface area contributed by atoms with Crippen LogP contribution in [0.2, 0.25) is 0 Å². The number of benzene rings is 2. The maximum atomic E-state index is 12.6. The quantitative estimate of drug-likeness (QED) is 0.876. The highest BCUT2D eigenvalue weighted by Crippen LogP contribution is 2.42. The Morgan fingerprint density at radius 1 is 1.15 bits per heavy atom. The number of amides is 1. The number of carbonyl (C=O) groups excluding carboxylic acids is 1. The molecule has 2 aromatic rings. The molecular weight excluding hydrogens is 347 g/mol. The summed E-state index contributed by atoms with van der Waals surface area (Å²) in [7, 11) is 1.43. The van der Waals surface area contributed by atoms with Crippen LogP contribution in [0.1, 0.15) is 23.6 Å². The summed E-state index contributed by atoms with van der Waals surface area (Å²) in [5.74, 6) is -0.156. The average molecular weight is 365 g/mol. The van der Waals surface area contributed by atoms with Crippen LogP contribution in [0.25, 0.3) is 0 Å². The second-order valence-electron chi connectivity index (χ2n) is 6.53. The molecule has 0 aliphatic carbocycles. The van der Waals surface area contributed by atoms with Gasteiger partial charge in [0.25, 0.3) is 0 Å². The molecule has 0 saturated carbocycles. The minimum atomic E-state index is -4.79. The Kier molecular flexibility index (Phi) is 4.34. The van der Waals surface area contributed by atoms with Crippen molar-refractivity contribution in [3.63, 3.8) is 0 Å². The van der Waals surface area contributed by atoms with E-state index in [-0.39, 0.29) is 18.1 Å². The van der Waals surface area contributed by atoms with E-state index in [1.807, 2.05) is 25.1 Å². The zero-order valence-electron chi connectivity index (χ0n) is 14.5. The molecule has 7 heteroatoms. The number of aryl methyl sites for hydroxylation is 1. The van der Waals surface area contributed by atoms with Crippen molar-refractivity contribution in [2.75, 3.05) is 12.4 Å². The third-order valence-electron chi connectivity index (χ3n) is 4.55. The fraction of sp³-hybridized carbons (Fsp3) is 0.316. The fourth-order valence-corrected chi connectivity index (χ4v) is 3.25. The van der Waals surface area contributed by atoms with Gasteiger partial charge in [-0.2, -0.15) is 0 Å². The second kappa shape index (κ2) is 6.23. The Hall–Kier alpha value is -2.70. The third kappa shape index (κ3) is 3.34. The van der Waals surface area contributed by atoms with Crippen LogP contribution in [-0.2, 0) is 16.6 Å². The van der Waals surface area contributed by atoms with Gasteiger partial charge in [-0.3, -0.25) is 4.79 Å². The number of rotatable bonds is 4. The van der Waals surface area contributed by atoms with Gasteiger partial charge in [0.2, 0.25) is 5.91 Å². The number of alkyl halides is 3. The monoisotopic (exact) mass is 365 g/mol. The molecule has 0 saturated heterocycles. The van der Waals surface area contributed by atoms with Crippen LogP contribution in [0, 0.1) is 6.92 Å². The molecule has 1 unspecified atom stereocenters. The summed E-state index contributed by atoms with van der Waals surface area (Å²) in [6.07, 6.45) is -4.61. The van der Waals surface area contributed by atoms with Gasteiger partial charge in [0.1, 0.15) is 11.5 Å². The first-order valence-electron chi connectivity index (χ1n) is 7.97. The maximum absolute atomic E-state index is 12.6. The van der Waals surface area contributed by atoms with Crippen molar-refractivity contribution in [2.24, 2.45) is 0 Å². The lowest BCUT2D eigenvalue weighted by molar-refractivity contribution is -0.274. The summed E-state index contributed by atoms with van der Waals surface area (Å²) >= 11 is 0. The SMILES string of the molecule is COc1ccc(OC(F)(F)F)cc1CC1(C)C(=O)Nc2ccc(C)cc21. The molecule has 2 aromatic carbocycles. The number of ether oxygens (including phenoxy) is 2. The van der Waals surface area contributed by atoms with E-state index in [1.165, 1.54) is 25.3 Å². The molecule has 1 atom stereocenters. The predicted octanol–water partition coefficient (Wildman–Crippen LogP) is 4.35. The molecule has 4 nitrogen and oxygen atoms in total. The van der Waals surface area contributed by atoms with E-state index in [4.69, 9.17) is 4.74 Å². The molecule has 1 N–H and O–H groups in total. The van der Waals surface area contributed by atoms with E-state index in [0.29, 0.717) is 17.0 Å². The van der Waals surface area contributed by atoms with Crippen LogP contribution in [-0.4, -0.2) is 19.4 Å². The van der Waals surface area contributed by atoms with E-state index >= 15 is 0 Å². The van der Waals surface area contributed by atoms with Gasteiger partial charge in [0.05, 0.1) is 12.5 Å². The molecule has 0 aromatic heterocycles. The van der Waals surface area contributed by atoms with Crippen molar-refractivity contribution in [1.82, 2.24) is 0 Å². The highest BCUT2D eigenvalue weighted by atomic mass is 19.4. The number of hydrogen-bond acceptors (Lipinski definition) is 3. The minimum Gasteiger partial charge on any atom is -0.496 e. The van der Waals surface area contributed by atoms with Crippen LogP contribution >= 0.6 is 0 Å². The highest BCUT2D eigenvalue weighted by molar-refractivity contribution is 6.06. The normalized spacial score (nSPS) is 19.1. The van der Waals surface area contributed by atoms with Crippen molar-refractivity contribution >= 4 is 11.6 Å². The fourth-order valence-electron chi connectivity index (χ4n) is 3.25. The van der Waals surface area contributed by atoms with Gasteiger partial charge in [-0.25, -0.2) is 0 Å². The molecule has 26 heavy (non-hydrogen) atoms. The molecule has 0 radical (unpaired) electrons. The molecule has 1 aliphatic heterocycles. The van der Waals surface area contributed by atoms with Crippen LogP contribution in [0.3, 0.4) is 0 Å². The zero-order valence-corrected chi connectivity index (χ0v) is 14.5. The molecule has 138 valence electrons. The van der Waals surface area contributed by atoms with Crippen molar-refractivity contribution < 1.29 is 27.4 Å². The molecule has 1 aliphatic rings. The van der Waals surface area contributed by atoms with Crippen LogP contribution in [0.4, 0.5) is 18.9 Å². The van der Waals surface area contributed by atoms with Crippen LogP contribution < -0.4 is 14.8 Å². The molecule has 1 amide bonds. The molecule has 3 rings (SSSR count). The van der Waals surface area contributed by atoms with Crippen molar-refractivity contribution in [3.8, 4) is 11.5 Å². The van der Waals surface area contributed by atoms with Gasteiger partial charge in [-0.15, -0.1) is 13.2 Å². The minimum absolute atomic E-state index is 0.174. The van der Waals surface area contributed by atoms with E-state index in [9.17, 15) is 18.0 Å². The first-order valence-corrected chi connectivity index (χ1v) is 7.97. The second-order valence-corrected chi connectivity index (χ2v) is 6.53. The van der Waals surface area contributed by atoms with Gasteiger partial charge < -0.3 is 14.8 Å². The summed E-state index contributed by atoms with van der Waals surface area (Å²) in [5.41, 5.74) is 2.05. The van der Waals surface area contributed by atoms with Gasteiger partial charge in [-0.05, 0) is 55.7 Å². The number of methoxy groups -OCH3 is 1. The lowest BCUT2D eigenvalue weighted by Crippen LogP contribution is -2.33. The molecule has 0 spiro atoms. The lowest BCUT2D eigenvalue weighted by atomic mass is 9.77. The zero-order chi connectivity index (χ0) is 19.1. The Balaban J connectivity index is 2.01. The summed E-state index contributed by atoms with van der Waals surface area (Å²) in [6, 6.07) is 9.49. The lowest BCUT2D eigenvalue weighted by Gasteiger charge is -2.24. The number of fused-ring (bicyclic) bond motifs is 1. The van der Waals surface area contributed by atoms with Crippen LogP contribution in [0.5, 0.6) is 11.5 Å². The largest absolute Gasteiger partial charge is 0.573 e. The smallest absolute Gasteiger partial charge is 0.496 e. The van der Waals surface area contributed by atoms with Crippen molar-refractivity contribution in [2.45, 2.75) is 32.0 Å². The van der Waals surface area contributed by atoms with Gasteiger partial charge in [-0.1, -0.05) is 17.7 Å². The average Bonchev–Trinajstić information content (AvgIpc) is 2.77. The van der Waals surface area contributed by atoms with Gasteiger partial charge in [0.15, 0.2) is 0 Å². The Morgan fingerprint density at radius 2 is 1.88 bits per heavy atom. The van der Waals surface area contributed by atoms with E-state index in [0.717, 1.165) is 11.1 Å². The first kappa shape index (κ1) is 18.1. The standard InChI is InChI=1S/C19H18F3NO3/c1-11-4-6-15-14(8-11)18(2,17(24)23-15)10-12-9-13(26-19(20,21)22)5-7-16(12)25-3/h4-9H,10H2,1-3H3,(H,23,24). The summed E-state index contributed by atoms with van der Waals surface area (Å²) < 4.78 is 46.8. The Morgan fingerprint density at radius 3 is 2.54 bits per heavy atom. The summed E-state index contributed by atoms with van der Waals surface area (Å²) in [5, 5.41) is 2.83. The summed E-state index contributed by atoms with van der Waals surface area (Å²) in [4.78, 5) is 12.6. The number of carbonyl (C=O) groups is 1. The summed E-state index contributed by atoms with van der Waals surface area (Å²) in [6.45, 7) is 3.69. The number of nitrogens with one attached hydrogen (secondary N) is 1. The van der Waals surface area contributed by atoms with E-state index in [1.54, 1.807) is 6.92 Å². The third-order valence-corrected chi connectivity index (χ3v) is 4.55. The number of anilines is 1. The highest BCUT2D eigenvalue weighted by Gasteiger charge is 2.43. The van der Waals surface area contributed by atoms with Crippen molar-refractivity contribution in [1.29, 1.82) is 0 Å². The molecule has 0 fully saturated rings. The molecular formula is C19H18F3NO3. The van der Waals surface area contributed by atoms with Crippen LogP contribution in [0.15, 0.2) is 36.4 Å². The van der Waals surface area contributed by atoms with E-state index in [2.05, 4.69) is 10.1 Å². The Labute approximate surface area is 148 Å². The first-order chi connectivity index (χ1) is 12.1. The maximum Gasteiger partial charge on any atom is 0.573 e. The van der Waals surface area contributed by atoms with Crippen molar-refractivity contribution in [3.05, 3.63) is 53.1 Å². The van der Waals surface area contributed by atoms with Gasteiger partial charge >= 0.3 is 6.36 Å². The molecule has 0 bridgehead atoms. The molecule has 1 heterocycles. The van der Waals surface area contributed by atoms with E-state index < -0.39 is 11.8 Å².